The molecule has 8 aliphatic rings. The van der Waals surface area contributed by atoms with Gasteiger partial charge in [-0.2, -0.15) is 0 Å². The van der Waals surface area contributed by atoms with E-state index in [9.17, 15) is 104 Å². The summed E-state index contributed by atoms with van der Waals surface area (Å²) in [6.45, 7) is 1.19. The molecule has 0 amide bonds. The number of phenolic OH excluding ortho intramolecular Hbond substituents is 2. The standard InChI is InChI=1S/C30H25NO13.C26H14INO10.C2H6O/c1-8(32)20(34)26(40)21(35)11-6-10-5-9-3-4-30(19(9)25(39)14(10)29(43)31-11)27(41)17-18(28(30)42)24(38)16-15(23(17)37)12(33)7-13(44-2)22(16)36;1-38-11-5-10(30)13-14(19(11)31)21(33)16-15(20(13)32)23(35)26(24(16)36)3-2-8-17(26)22(34)12-9(18(8)27)4-7(6-29)28-25(12)37;1-3-2/h5-8,20-21,26,32,34-35,39-42H,3-4H2,1-2H3,(H,31,43);4-6,34-36H,2-3H2,1H3,(H,28,37);1-2H3. The van der Waals surface area contributed by atoms with E-state index in [2.05, 4.69) is 14.7 Å². The van der Waals surface area contributed by atoms with Crippen LogP contribution in [0, 0.1) is 24.4 Å². The smallest absolute Gasteiger partial charge is 0.260 e. The van der Waals surface area contributed by atoms with Crippen molar-refractivity contribution < 1.29 is 70.1 Å². The number of ether oxygens (including phenoxy) is 3. The highest BCUT2D eigenvalue weighted by Gasteiger charge is 2.55. The fourth-order valence-corrected chi connectivity index (χ4v) is 13.4. The molecule has 12 rings (SSSR count). The SMILES string of the molecule is COC.COc1cc(=O)c2c(=O)c3c(c(=O)c=2c1=O)=C(O)C1(CCc2c1c(O)c1c(=O)[nH]c(C=O)cc1c2I)C=3O.COc1cc(=O)c2c(=O)c3c(c(=O)c=2c1=O)=C(O)C1(CCc2cc4cc(C(O)C(O)C(O)C(C)O)[nH]c(=O)c4c(O)c21)C=3O. The van der Waals surface area contributed by atoms with E-state index in [4.69, 9.17) is 9.47 Å². The Morgan fingerprint density at radius 3 is 1.44 bits per heavy atom. The molecule has 0 bridgehead atoms. The normalized spacial score (nSPS) is 18.7. The first-order chi connectivity index (χ1) is 40.1. The van der Waals surface area contributed by atoms with Crippen molar-refractivity contribution in [3.05, 3.63) is 212 Å². The highest BCUT2D eigenvalue weighted by atomic mass is 127. The van der Waals surface area contributed by atoms with Crippen molar-refractivity contribution in [2.75, 3.05) is 28.4 Å². The number of hydrogen-bond acceptors (Lipinski definition) is 24. The molecule has 4 aromatic rings. The molecule has 0 radical (unpaired) electrons. The summed E-state index contributed by atoms with van der Waals surface area (Å²) in [6.07, 6.45) is -6.62. The lowest BCUT2D eigenvalue weighted by atomic mass is 9.78. The van der Waals surface area contributed by atoms with Gasteiger partial charge in [-0.25, -0.2) is 0 Å². The van der Waals surface area contributed by atoms with E-state index in [1.807, 2.05) is 22.6 Å². The van der Waals surface area contributed by atoms with E-state index in [1.54, 1.807) is 14.2 Å². The summed E-state index contributed by atoms with van der Waals surface area (Å²) in [6, 6.07) is 5.53. The molecule has 2 aromatic carbocycles. The molecular formula is C58H45IN2O24. The second-order valence-corrected chi connectivity index (χ2v) is 21.7. The average molecular weight is 1280 g/mol. The number of benzene rings is 2. The van der Waals surface area contributed by atoms with E-state index in [0.717, 1.165) is 26.4 Å². The number of aryl methyl sites for hydroxylation is 1. The van der Waals surface area contributed by atoms with Crippen LogP contribution in [0.5, 0.6) is 23.0 Å². The monoisotopic (exact) mass is 1280 g/mol. The summed E-state index contributed by atoms with van der Waals surface area (Å²) in [5.41, 5.74) is -14.4. The van der Waals surface area contributed by atoms with Crippen LogP contribution in [0.3, 0.4) is 0 Å². The van der Waals surface area contributed by atoms with E-state index in [0.29, 0.717) is 15.4 Å². The van der Waals surface area contributed by atoms with Crippen molar-refractivity contribution in [1.29, 1.82) is 0 Å². The molecule has 6 unspecified atom stereocenters. The second kappa shape index (κ2) is 20.5. The fourth-order valence-electron chi connectivity index (χ4n) is 12.5. The number of aromatic nitrogens is 2. The number of rotatable bonds is 7. The van der Waals surface area contributed by atoms with E-state index >= 15 is 0 Å². The number of fused-ring (bicyclic) bond motifs is 8. The van der Waals surface area contributed by atoms with Crippen molar-refractivity contribution >= 4 is 73.5 Å². The minimum atomic E-state index is -2.08. The Hall–Kier alpha value is -9.26. The number of halogens is 1. The van der Waals surface area contributed by atoms with Crippen LogP contribution in [-0.4, -0.2) is 114 Å². The summed E-state index contributed by atoms with van der Waals surface area (Å²) >= 11 is 1.92. The molecule has 85 heavy (non-hydrogen) atoms. The van der Waals surface area contributed by atoms with Gasteiger partial charge in [0, 0.05) is 46.4 Å². The molecule has 6 atom stereocenters. The van der Waals surface area contributed by atoms with Gasteiger partial charge in [-0.1, -0.05) is 6.07 Å². The number of aliphatic hydroxyl groups excluding tert-OH is 8. The van der Waals surface area contributed by atoms with Gasteiger partial charge in [0.1, 0.15) is 63.7 Å². The maximum Gasteiger partial charge on any atom is 0.260 e. The Labute approximate surface area is 482 Å². The third-order valence-electron chi connectivity index (χ3n) is 16.3. The predicted octanol–water partition coefficient (Wildman–Crippen LogP) is -4.16. The molecule has 0 saturated heterocycles. The topological polar surface area (TPSA) is 449 Å². The number of carbonyl (C=O) groups is 1. The number of phenols is 2. The number of pyridine rings is 2. The number of carbonyl (C=O) groups excluding carboxylic acids is 1. The third-order valence-corrected chi connectivity index (χ3v) is 17.5. The van der Waals surface area contributed by atoms with Crippen LogP contribution in [0.2, 0.25) is 0 Å². The van der Waals surface area contributed by atoms with Gasteiger partial charge in [0.15, 0.2) is 28.6 Å². The first-order valence-electron chi connectivity index (χ1n) is 25.3. The molecule has 0 aliphatic heterocycles. The molecule has 26 nitrogen and oxygen atoms in total. The molecule has 8 aliphatic carbocycles. The van der Waals surface area contributed by atoms with Gasteiger partial charge in [-0.3, -0.25) is 52.7 Å². The highest BCUT2D eigenvalue weighted by Crippen LogP contribution is 2.56. The highest BCUT2D eigenvalue weighted by molar-refractivity contribution is 14.1. The summed E-state index contributed by atoms with van der Waals surface area (Å²) < 4.78 is 14.4. The van der Waals surface area contributed by atoms with Crippen LogP contribution in [0.1, 0.15) is 64.3 Å². The Morgan fingerprint density at radius 1 is 0.541 bits per heavy atom. The first-order valence-corrected chi connectivity index (χ1v) is 26.4. The Morgan fingerprint density at radius 2 is 0.976 bits per heavy atom. The summed E-state index contributed by atoms with van der Waals surface area (Å²) in [7, 11) is 5.45. The number of nitrogens with one attached hydrogen (secondary N) is 2. The van der Waals surface area contributed by atoms with Gasteiger partial charge in [-0.05, 0) is 83.8 Å². The molecule has 2 spiro atoms. The van der Waals surface area contributed by atoms with Gasteiger partial charge in [0.2, 0.25) is 32.6 Å². The van der Waals surface area contributed by atoms with Crippen LogP contribution in [0.4, 0.5) is 0 Å². The molecule has 438 valence electrons. The lowest BCUT2D eigenvalue weighted by Crippen LogP contribution is -2.51. The van der Waals surface area contributed by atoms with Crippen molar-refractivity contribution in [1.82, 2.24) is 9.97 Å². The summed E-state index contributed by atoms with van der Waals surface area (Å²) in [4.78, 5) is 147. The minimum Gasteiger partial charge on any atom is -0.510 e. The van der Waals surface area contributed by atoms with Crippen LogP contribution >= 0.6 is 22.6 Å². The zero-order valence-electron chi connectivity index (χ0n) is 44.7. The van der Waals surface area contributed by atoms with E-state index in [1.165, 1.54) is 25.1 Å². The number of aromatic hydroxyl groups is 2. The van der Waals surface area contributed by atoms with Crippen LogP contribution in [0.15, 0.2) is 78.3 Å². The Balaban J connectivity index is 0.000000182. The van der Waals surface area contributed by atoms with Crippen LogP contribution < -0.4 is 84.9 Å². The number of hydrogen-bond donors (Lipinski definition) is 12. The summed E-state index contributed by atoms with van der Waals surface area (Å²) in [5.74, 6) is -5.55. The largest absolute Gasteiger partial charge is 0.510 e. The molecule has 12 N–H and O–H groups in total. The van der Waals surface area contributed by atoms with Gasteiger partial charge < -0.3 is 75.2 Å². The summed E-state index contributed by atoms with van der Waals surface area (Å²) in [5, 5.41) is 103. The van der Waals surface area contributed by atoms with E-state index in [-0.39, 0.29) is 75.3 Å². The second-order valence-electron chi connectivity index (χ2n) is 20.7. The molecule has 0 saturated carbocycles. The van der Waals surface area contributed by atoms with Gasteiger partial charge in [-0.15, -0.1) is 0 Å². The molecule has 2 heterocycles. The average Bonchev–Trinajstić information content (AvgIpc) is 1.59. The maximum atomic E-state index is 13.6. The number of aldehydes is 1. The predicted molar refractivity (Wildman–Crippen MR) is 306 cm³/mol. The Bertz CT molecular complexity index is 5390. The number of H-pyrrole nitrogens is 2. The van der Waals surface area contributed by atoms with Crippen LogP contribution in [-0.2, 0) is 28.4 Å². The molecule has 27 heteroatoms. The Kier molecular flexibility index (Phi) is 14.2. The number of aliphatic hydroxyl groups is 8. The quantitative estimate of drug-likeness (QED) is 0.0532. The van der Waals surface area contributed by atoms with Crippen LogP contribution in [0.25, 0.3) is 44.6 Å². The van der Waals surface area contributed by atoms with Gasteiger partial charge in [0.05, 0.1) is 84.2 Å². The molecule has 0 fully saturated rings. The first kappa shape index (κ1) is 58.9. The van der Waals surface area contributed by atoms with Crippen molar-refractivity contribution in [3.63, 3.8) is 0 Å². The van der Waals surface area contributed by atoms with Crippen molar-refractivity contribution in [3.8, 4) is 23.0 Å². The zero-order chi connectivity index (χ0) is 62.3. The van der Waals surface area contributed by atoms with E-state index < -0.39 is 178 Å². The minimum absolute atomic E-state index is 0.0273. The fraction of sp³-hybridized carbons (Fsp3) is 0.259. The van der Waals surface area contributed by atoms with Crippen molar-refractivity contribution in [2.45, 2.75) is 67.9 Å². The molecular weight excluding hydrogens is 1240 g/mol. The third kappa shape index (κ3) is 7.83. The number of aromatic amines is 2. The van der Waals surface area contributed by atoms with Gasteiger partial charge in [0.25, 0.3) is 11.1 Å². The maximum absolute atomic E-state index is 13.6. The van der Waals surface area contributed by atoms with Gasteiger partial charge >= 0.3 is 0 Å². The number of methoxy groups -OCH3 is 3. The zero-order valence-corrected chi connectivity index (χ0v) is 46.8. The van der Waals surface area contributed by atoms with Crippen molar-refractivity contribution in [2.24, 2.45) is 0 Å². The lowest BCUT2D eigenvalue weighted by molar-refractivity contribution is -0.102. The lowest BCUT2D eigenvalue weighted by Gasteiger charge is -2.27. The molecule has 2 aromatic heterocycles.